The number of fused-ring (bicyclic) bond motifs is 5. The van der Waals surface area contributed by atoms with Crippen LogP contribution < -0.4 is 5.32 Å². The molecule has 2 atom stereocenters. The van der Waals surface area contributed by atoms with Gasteiger partial charge in [0.15, 0.2) is 22.9 Å². The Morgan fingerprint density at radius 1 is 1.02 bits per heavy atom. The van der Waals surface area contributed by atoms with Gasteiger partial charge in [0.25, 0.3) is 10.0 Å². The van der Waals surface area contributed by atoms with Crippen molar-refractivity contribution in [3.63, 3.8) is 0 Å². The van der Waals surface area contributed by atoms with Crippen molar-refractivity contribution >= 4 is 43.9 Å². The van der Waals surface area contributed by atoms with Crippen LogP contribution in [-0.4, -0.2) is 46.5 Å². The SMILES string of the molecule is COC(=O)[C@H]1C2CCC(CC2)[C@@H]1Nc1nc(-c2cn(S(=O)(=O)c3ccccc3)c3ncccc23)nc2ccoc12. The first-order chi connectivity index (χ1) is 19.5. The van der Waals surface area contributed by atoms with Crippen LogP contribution >= 0.6 is 0 Å². The number of esters is 1. The summed E-state index contributed by atoms with van der Waals surface area (Å²) in [6.45, 7) is 0. The zero-order valence-electron chi connectivity index (χ0n) is 21.7. The van der Waals surface area contributed by atoms with Crippen molar-refractivity contribution in [1.82, 2.24) is 18.9 Å². The summed E-state index contributed by atoms with van der Waals surface area (Å²) < 4.78 is 39.4. The highest BCUT2D eigenvalue weighted by Gasteiger charge is 2.48. The standard InChI is InChI=1S/C29H27N5O5S/c1-38-29(35)23-17-9-11-18(12-10-17)24(23)32-27-25-22(13-15-39-25)31-26(33-27)21-16-34(28-20(21)8-5-14-30-28)40(36,37)19-6-3-2-4-7-19/h2-8,13-18,23-24H,9-12H2,1H3,(H,31,32,33)/t17?,18?,23-,24-/m0/s1. The molecule has 0 unspecified atom stereocenters. The number of pyridine rings is 1. The minimum atomic E-state index is -3.93. The van der Waals surface area contributed by atoms with Crippen LogP contribution in [0.25, 0.3) is 33.5 Å². The molecule has 11 heteroatoms. The molecule has 1 aromatic carbocycles. The normalized spacial score (nSPS) is 22.5. The van der Waals surface area contributed by atoms with E-state index < -0.39 is 10.0 Å². The van der Waals surface area contributed by atoms with Crippen molar-refractivity contribution in [2.24, 2.45) is 17.8 Å². The van der Waals surface area contributed by atoms with Gasteiger partial charge in [0.1, 0.15) is 5.52 Å². The predicted molar refractivity (Wildman–Crippen MR) is 148 cm³/mol. The lowest BCUT2D eigenvalue weighted by molar-refractivity contribution is -0.152. The van der Waals surface area contributed by atoms with E-state index in [4.69, 9.17) is 19.1 Å². The molecular formula is C29H27N5O5S. The van der Waals surface area contributed by atoms with Crippen molar-refractivity contribution in [2.45, 2.75) is 36.6 Å². The summed E-state index contributed by atoms with van der Waals surface area (Å²) in [7, 11) is -2.50. The fourth-order valence-electron chi connectivity index (χ4n) is 6.47. The van der Waals surface area contributed by atoms with Crippen molar-refractivity contribution in [3.05, 3.63) is 67.2 Å². The van der Waals surface area contributed by atoms with Crippen LogP contribution in [0.15, 0.2) is 76.5 Å². The third kappa shape index (κ3) is 3.87. The lowest BCUT2D eigenvalue weighted by atomic mass is 9.61. The summed E-state index contributed by atoms with van der Waals surface area (Å²) >= 11 is 0. The average Bonchev–Trinajstić information content (AvgIpc) is 3.63. The third-order valence-corrected chi connectivity index (χ3v) is 10.0. The second-order valence-electron chi connectivity index (χ2n) is 10.5. The Hall–Kier alpha value is -4.25. The highest BCUT2D eigenvalue weighted by atomic mass is 32.2. The molecule has 4 aromatic heterocycles. The number of aromatic nitrogens is 4. The molecule has 3 aliphatic rings. The number of hydrogen-bond donors (Lipinski definition) is 1. The van der Waals surface area contributed by atoms with E-state index in [1.165, 1.54) is 17.3 Å². The molecule has 3 aliphatic carbocycles. The van der Waals surface area contributed by atoms with Crippen LogP contribution in [0.3, 0.4) is 0 Å². The largest absolute Gasteiger partial charge is 0.469 e. The monoisotopic (exact) mass is 557 g/mol. The quantitative estimate of drug-likeness (QED) is 0.291. The van der Waals surface area contributed by atoms with E-state index in [2.05, 4.69) is 10.3 Å². The molecule has 5 aromatic rings. The van der Waals surface area contributed by atoms with E-state index in [1.54, 1.807) is 61.0 Å². The highest BCUT2D eigenvalue weighted by molar-refractivity contribution is 7.90. The number of rotatable bonds is 6. The van der Waals surface area contributed by atoms with Crippen molar-refractivity contribution in [2.75, 3.05) is 12.4 Å². The topological polar surface area (TPSA) is 129 Å². The molecule has 2 bridgehead atoms. The maximum atomic E-state index is 13.6. The molecule has 40 heavy (non-hydrogen) atoms. The molecule has 0 amide bonds. The molecule has 8 rings (SSSR count). The van der Waals surface area contributed by atoms with Crippen LogP contribution in [0.5, 0.6) is 0 Å². The van der Waals surface area contributed by atoms with Gasteiger partial charge >= 0.3 is 5.97 Å². The molecule has 0 saturated heterocycles. The smallest absolute Gasteiger partial charge is 0.311 e. The fraction of sp³-hybridized carbons (Fsp3) is 0.310. The summed E-state index contributed by atoms with van der Waals surface area (Å²) in [5.74, 6) is 0.870. The summed E-state index contributed by atoms with van der Waals surface area (Å²) in [4.78, 5) is 27.0. The molecule has 1 N–H and O–H groups in total. The molecular weight excluding hydrogens is 530 g/mol. The maximum Gasteiger partial charge on any atom is 0.311 e. The van der Waals surface area contributed by atoms with Gasteiger partial charge in [-0.3, -0.25) is 4.79 Å². The summed E-state index contributed by atoms with van der Waals surface area (Å²) in [6.07, 6.45) is 8.71. The van der Waals surface area contributed by atoms with E-state index in [1.807, 2.05) is 0 Å². The Morgan fingerprint density at radius 3 is 2.58 bits per heavy atom. The zero-order chi connectivity index (χ0) is 27.4. The van der Waals surface area contributed by atoms with Crippen LogP contribution in [0.1, 0.15) is 25.7 Å². The number of nitrogens with one attached hydrogen (secondary N) is 1. The molecule has 3 fully saturated rings. The van der Waals surface area contributed by atoms with E-state index in [0.29, 0.717) is 39.6 Å². The third-order valence-electron chi connectivity index (χ3n) is 8.37. The Morgan fingerprint density at radius 2 is 1.80 bits per heavy atom. The number of furan rings is 1. The number of nitrogens with zero attached hydrogens (tertiary/aromatic N) is 4. The van der Waals surface area contributed by atoms with Crippen molar-refractivity contribution in [1.29, 1.82) is 0 Å². The first-order valence-electron chi connectivity index (χ1n) is 13.3. The van der Waals surface area contributed by atoms with E-state index in [0.717, 1.165) is 25.7 Å². The van der Waals surface area contributed by atoms with Crippen LogP contribution in [0, 0.1) is 17.8 Å². The van der Waals surface area contributed by atoms with Gasteiger partial charge in [-0.25, -0.2) is 27.3 Å². The van der Waals surface area contributed by atoms with E-state index in [9.17, 15) is 13.2 Å². The number of methoxy groups -OCH3 is 1. The van der Waals surface area contributed by atoms with Gasteiger partial charge in [-0.2, -0.15) is 0 Å². The maximum absolute atomic E-state index is 13.6. The Balaban J connectivity index is 1.36. The molecule has 0 spiro atoms. The molecule has 3 saturated carbocycles. The number of benzene rings is 1. The zero-order valence-corrected chi connectivity index (χ0v) is 22.5. The number of hydrogen-bond acceptors (Lipinski definition) is 9. The van der Waals surface area contributed by atoms with Gasteiger partial charge in [0.2, 0.25) is 0 Å². The van der Waals surface area contributed by atoms with Gasteiger partial charge < -0.3 is 14.5 Å². The number of carbonyl (C=O) groups is 1. The predicted octanol–water partition coefficient (Wildman–Crippen LogP) is 4.87. The molecule has 0 radical (unpaired) electrons. The minimum absolute atomic E-state index is 0.152. The van der Waals surface area contributed by atoms with Crippen molar-refractivity contribution < 1.29 is 22.4 Å². The van der Waals surface area contributed by atoms with Crippen molar-refractivity contribution in [3.8, 4) is 11.4 Å². The Kier molecular flexibility index (Phi) is 5.85. The Bertz CT molecular complexity index is 1840. The van der Waals surface area contributed by atoms with Crippen LogP contribution in [0.2, 0.25) is 0 Å². The van der Waals surface area contributed by atoms with Gasteiger partial charge in [0, 0.05) is 35.5 Å². The number of carbonyl (C=O) groups excluding carboxylic acids is 1. The first kappa shape index (κ1) is 24.8. The van der Waals surface area contributed by atoms with Gasteiger partial charge in [-0.15, -0.1) is 0 Å². The molecule has 204 valence electrons. The van der Waals surface area contributed by atoms with E-state index >= 15 is 0 Å². The van der Waals surface area contributed by atoms with Gasteiger partial charge in [-0.05, 0) is 61.8 Å². The lowest BCUT2D eigenvalue weighted by Crippen LogP contribution is -2.51. The second-order valence-corrected chi connectivity index (χ2v) is 12.3. The van der Waals surface area contributed by atoms with Gasteiger partial charge in [-0.1, -0.05) is 18.2 Å². The summed E-state index contributed by atoms with van der Waals surface area (Å²) in [5.41, 5.74) is 1.84. The molecule has 0 aliphatic heterocycles. The van der Waals surface area contributed by atoms with Gasteiger partial charge in [0.05, 0.1) is 24.2 Å². The molecule has 4 heterocycles. The fourth-order valence-corrected chi connectivity index (χ4v) is 7.82. The highest BCUT2D eigenvalue weighted by Crippen LogP contribution is 2.47. The molecule has 10 nitrogen and oxygen atoms in total. The number of anilines is 1. The first-order valence-corrected chi connectivity index (χ1v) is 14.8. The Labute approximate surface area is 230 Å². The van der Waals surface area contributed by atoms with Crippen LogP contribution in [-0.2, 0) is 19.6 Å². The van der Waals surface area contributed by atoms with E-state index in [-0.39, 0.29) is 34.4 Å². The average molecular weight is 558 g/mol. The second kappa shape index (κ2) is 9.44. The lowest BCUT2D eigenvalue weighted by Gasteiger charge is -2.47. The number of ether oxygens (including phenoxy) is 1. The minimum Gasteiger partial charge on any atom is -0.469 e. The van der Waals surface area contributed by atoms with Crippen LogP contribution in [0.4, 0.5) is 5.82 Å². The summed E-state index contributed by atoms with van der Waals surface area (Å²) in [5, 5.41) is 4.14. The summed E-state index contributed by atoms with van der Waals surface area (Å²) in [6, 6.07) is 13.4.